The molecule has 0 heterocycles. The van der Waals surface area contributed by atoms with Gasteiger partial charge in [-0.1, -0.05) is 18.2 Å². The minimum absolute atomic E-state index is 0.109. The molecule has 0 aliphatic carbocycles. The number of carbonyl (C=O) groups excluding carboxylic acids is 2. The van der Waals surface area contributed by atoms with Crippen LogP contribution in [0.2, 0.25) is 0 Å². The third kappa shape index (κ3) is 5.80. The minimum atomic E-state index is -0.160. The van der Waals surface area contributed by atoms with Gasteiger partial charge in [-0.05, 0) is 41.9 Å². The lowest BCUT2D eigenvalue weighted by molar-refractivity contribution is -0.116. The molecule has 2 rings (SSSR count). The Bertz CT molecular complexity index is 870. The predicted molar refractivity (Wildman–Crippen MR) is 114 cm³/mol. The molecule has 1 N–H and O–H groups in total. The third-order valence-corrected chi connectivity index (χ3v) is 5.25. The number of para-hydroxylation sites is 1. The maximum Gasteiger partial charge on any atom is 0.286 e. The Balaban J connectivity index is 2.09. The predicted octanol–water partition coefficient (Wildman–Crippen LogP) is 4.06. The monoisotopic (exact) mass is 418 g/mol. The number of thioether (sulfide) groups is 1. The number of ether oxygens (including phenoxy) is 3. The van der Waals surface area contributed by atoms with Crippen molar-refractivity contribution in [2.75, 3.05) is 40.7 Å². The Labute approximate surface area is 175 Å². The summed E-state index contributed by atoms with van der Waals surface area (Å²) in [6, 6.07) is 10.9. The smallest absolute Gasteiger partial charge is 0.286 e. The lowest BCUT2D eigenvalue weighted by Crippen LogP contribution is -2.17. The summed E-state index contributed by atoms with van der Waals surface area (Å²) < 4.78 is 16.1. The molecule has 0 unspecified atom stereocenters. The third-order valence-electron chi connectivity index (χ3n) is 4.13. The molecule has 0 aromatic heterocycles. The molecular formula is C21H26N2O5S. The second-order valence-electron chi connectivity index (χ2n) is 6.30. The Kier molecular flexibility index (Phi) is 8.21. The van der Waals surface area contributed by atoms with Gasteiger partial charge < -0.3 is 24.4 Å². The van der Waals surface area contributed by atoms with Gasteiger partial charge in [0.25, 0.3) is 5.24 Å². The van der Waals surface area contributed by atoms with Crippen molar-refractivity contribution in [2.45, 2.75) is 17.7 Å². The van der Waals surface area contributed by atoms with Gasteiger partial charge >= 0.3 is 0 Å². The van der Waals surface area contributed by atoms with E-state index in [2.05, 4.69) is 5.32 Å². The van der Waals surface area contributed by atoms with Crippen molar-refractivity contribution in [2.24, 2.45) is 0 Å². The standard InChI is InChI=1S/C21H26N2O5S/c1-23(2)21(25)29-17-9-7-6-8-15(17)22-18(24)13-11-14-10-12-16(26-3)20(28-5)19(14)27-4/h6-10,12H,11,13H2,1-5H3,(H,22,24). The van der Waals surface area contributed by atoms with E-state index in [-0.39, 0.29) is 17.6 Å². The van der Waals surface area contributed by atoms with Crippen molar-refractivity contribution in [1.82, 2.24) is 4.90 Å². The molecule has 156 valence electrons. The van der Waals surface area contributed by atoms with Crippen LogP contribution in [0.4, 0.5) is 10.5 Å². The van der Waals surface area contributed by atoms with Gasteiger partial charge in [0.2, 0.25) is 11.7 Å². The number of hydrogen-bond acceptors (Lipinski definition) is 6. The molecule has 2 aromatic carbocycles. The van der Waals surface area contributed by atoms with Crippen LogP contribution in [0.5, 0.6) is 17.2 Å². The molecule has 2 amide bonds. The van der Waals surface area contributed by atoms with E-state index in [0.717, 1.165) is 17.3 Å². The molecule has 0 saturated heterocycles. The number of amides is 2. The number of methoxy groups -OCH3 is 3. The zero-order valence-corrected chi connectivity index (χ0v) is 18.1. The fraction of sp³-hybridized carbons (Fsp3) is 0.333. The maximum absolute atomic E-state index is 12.5. The van der Waals surface area contributed by atoms with E-state index in [4.69, 9.17) is 14.2 Å². The Hall–Kier alpha value is -2.87. The summed E-state index contributed by atoms with van der Waals surface area (Å²) in [7, 11) is 8.03. The zero-order chi connectivity index (χ0) is 21.4. The van der Waals surface area contributed by atoms with Gasteiger partial charge in [0.1, 0.15) is 0 Å². The molecule has 0 aliphatic heterocycles. The second kappa shape index (κ2) is 10.6. The van der Waals surface area contributed by atoms with Crippen molar-refractivity contribution in [3.05, 3.63) is 42.0 Å². The molecule has 0 saturated carbocycles. The van der Waals surface area contributed by atoms with E-state index in [1.807, 2.05) is 18.2 Å². The molecule has 8 heteroatoms. The first-order valence-electron chi connectivity index (χ1n) is 8.97. The first kappa shape index (κ1) is 22.4. The topological polar surface area (TPSA) is 77.1 Å². The molecule has 0 bridgehead atoms. The summed E-state index contributed by atoms with van der Waals surface area (Å²) >= 11 is 1.07. The van der Waals surface area contributed by atoms with E-state index in [9.17, 15) is 9.59 Å². The lowest BCUT2D eigenvalue weighted by atomic mass is 10.1. The van der Waals surface area contributed by atoms with Crippen LogP contribution in [0.25, 0.3) is 0 Å². The molecule has 0 fully saturated rings. The Morgan fingerprint density at radius 1 is 0.966 bits per heavy atom. The number of nitrogens with one attached hydrogen (secondary N) is 1. The lowest BCUT2D eigenvalue weighted by Gasteiger charge is -2.16. The average Bonchev–Trinajstić information content (AvgIpc) is 2.72. The summed E-state index contributed by atoms with van der Waals surface area (Å²) in [4.78, 5) is 26.7. The molecule has 0 radical (unpaired) electrons. The highest BCUT2D eigenvalue weighted by atomic mass is 32.2. The first-order valence-corrected chi connectivity index (χ1v) is 9.78. The molecule has 0 aliphatic rings. The quantitative estimate of drug-likeness (QED) is 0.652. The molecule has 2 aromatic rings. The average molecular weight is 419 g/mol. The van der Waals surface area contributed by atoms with E-state index in [0.29, 0.717) is 34.3 Å². The van der Waals surface area contributed by atoms with Gasteiger partial charge in [-0.3, -0.25) is 9.59 Å². The SMILES string of the molecule is COc1ccc(CCC(=O)Nc2ccccc2SC(=O)N(C)C)c(OC)c1OC. The molecule has 0 atom stereocenters. The maximum atomic E-state index is 12.5. The van der Waals surface area contributed by atoms with Gasteiger partial charge in [0.05, 0.1) is 27.0 Å². The number of carbonyl (C=O) groups is 2. The molecule has 7 nitrogen and oxygen atoms in total. The summed E-state index contributed by atoms with van der Waals surface area (Å²) in [5, 5.41) is 2.78. The highest BCUT2D eigenvalue weighted by Gasteiger charge is 2.17. The van der Waals surface area contributed by atoms with E-state index in [1.54, 1.807) is 53.6 Å². The minimum Gasteiger partial charge on any atom is -0.493 e. The number of aryl methyl sites for hydroxylation is 1. The normalized spacial score (nSPS) is 10.2. The fourth-order valence-electron chi connectivity index (χ4n) is 2.67. The van der Waals surface area contributed by atoms with Gasteiger partial charge in [-0.25, -0.2) is 0 Å². The largest absolute Gasteiger partial charge is 0.493 e. The Morgan fingerprint density at radius 3 is 2.28 bits per heavy atom. The van der Waals surface area contributed by atoms with Crippen LogP contribution in [0.3, 0.4) is 0 Å². The summed E-state index contributed by atoms with van der Waals surface area (Å²) in [5.74, 6) is 1.45. The Morgan fingerprint density at radius 2 is 1.66 bits per heavy atom. The first-order chi connectivity index (χ1) is 13.9. The number of nitrogens with zero attached hydrogens (tertiary/aromatic N) is 1. The van der Waals surface area contributed by atoms with E-state index < -0.39 is 0 Å². The second-order valence-corrected chi connectivity index (χ2v) is 7.29. The van der Waals surface area contributed by atoms with Crippen molar-refractivity contribution in [3.63, 3.8) is 0 Å². The fourth-order valence-corrected chi connectivity index (χ4v) is 3.41. The summed E-state index contributed by atoms with van der Waals surface area (Å²) in [6.45, 7) is 0. The van der Waals surface area contributed by atoms with Gasteiger partial charge in [-0.2, -0.15) is 0 Å². The molecule has 29 heavy (non-hydrogen) atoms. The summed E-state index contributed by atoms with van der Waals surface area (Å²) in [6.07, 6.45) is 0.702. The van der Waals surface area contributed by atoms with E-state index in [1.165, 1.54) is 4.90 Å². The van der Waals surface area contributed by atoms with Crippen LogP contribution in [-0.4, -0.2) is 51.5 Å². The van der Waals surface area contributed by atoms with Gasteiger partial charge in [-0.15, -0.1) is 0 Å². The van der Waals surface area contributed by atoms with Crippen molar-refractivity contribution >= 4 is 28.6 Å². The van der Waals surface area contributed by atoms with Crippen LogP contribution in [0.15, 0.2) is 41.3 Å². The van der Waals surface area contributed by atoms with Gasteiger partial charge in [0, 0.05) is 25.4 Å². The summed E-state index contributed by atoms with van der Waals surface area (Å²) in [5.41, 5.74) is 1.45. The van der Waals surface area contributed by atoms with Crippen LogP contribution < -0.4 is 19.5 Å². The highest BCUT2D eigenvalue weighted by Crippen LogP contribution is 2.40. The number of benzene rings is 2. The highest BCUT2D eigenvalue weighted by molar-refractivity contribution is 8.13. The van der Waals surface area contributed by atoms with Crippen LogP contribution in [-0.2, 0) is 11.2 Å². The van der Waals surface area contributed by atoms with Crippen LogP contribution in [0, 0.1) is 0 Å². The van der Waals surface area contributed by atoms with Gasteiger partial charge in [0.15, 0.2) is 11.5 Å². The van der Waals surface area contributed by atoms with Crippen molar-refractivity contribution < 1.29 is 23.8 Å². The molecule has 0 spiro atoms. The number of hydrogen-bond donors (Lipinski definition) is 1. The van der Waals surface area contributed by atoms with Crippen molar-refractivity contribution in [3.8, 4) is 17.2 Å². The van der Waals surface area contributed by atoms with Crippen molar-refractivity contribution in [1.29, 1.82) is 0 Å². The number of anilines is 1. The molecular weight excluding hydrogens is 392 g/mol. The number of rotatable bonds is 8. The zero-order valence-electron chi connectivity index (χ0n) is 17.3. The van der Waals surface area contributed by atoms with Crippen LogP contribution in [0.1, 0.15) is 12.0 Å². The van der Waals surface area contributed by atoms with Crippen LogP contribution >= 0.6 is 11.8 Å². The van der Waals surface area contributed by atoms with E-state index >= 15 is 0 Å².